The molecule has 0 heterocycles. The van der Waals surface area contributed by atoms with Gasteiger partial charge in [-0.1, -0.05) is 58.0 Å². The van der Waals surface area contributed by atoms with Crippen molar-refractivity contribution in [2.45, 2.75) is 40.2 Å². The molecule has 0 aliphatic rings. The van der Waals surface area contributed by atoms with Crippen molar-refractivity contribution in [3.63, 3.8) is 0 Å². The normalized spacial score (nSPS) is 17.5. The zero-order valence-electron chi connectivity index (χ0n) is 10.2. The second-order valence-electron chi connectivity index (χ2n) is 4.83. The minimum Gasteiger partial charge on any atom is -0.388 e. The van der Waals surface area contributed by atoms with Gasteiger partial charge in [0, 0.05) is 0 Å². The van der Waals surface area contributed by atoms with E-state index in [1.807, 2.05) is 30.3 Å². The fourth-order valence-corrected chi connectivity index (χ4v) is 1.93. The van der Waals surface area contributed by atoms with E-state index in [0.717, 1.165) is 12.0 Å². The maximum absolute atomic E-state index is 10.4. The zero-order chi connectivity index (χ0) is 11.5. The first-order chi connectivity index (χ1) is 7.02. The molecule has 84 valence electrons. The van der Waals surface area contributed by atoms with E-state index in [1.54, 1.807) is 0 Å². The monoisotopic (exact) mass is 206 g/mol. The summed E-state index contributed by atoms with van der Waals surface area (Å²) in [6.07, 6.45) is 0.615. The highest BCUT2D eigenvalue weighted by atomic mass is 16.3. The molecule has 1 aromatic carbocycles. The topological polar surface area (TPSA) is 20.2 Å². The highest BCUT2D eigenvalue weighted by Gasteiger charge is 2.35. The number of hydrogen-bond donors (Lipinski definition) is 1. The van der Waals surface area contributed by atoms with Crippen LogP contribution in [0.4, 0.5) is 0 Å². The Bertz CT molecular complexity index is 291. The highest BCUT2D eigenvalue weighted by Crippen LogP contribution is 2.42. The van der Waals surface area contributed by atoms with E-state index in [4.69, 9.17) is 0 Å². The van der Waals surface area contributed by atoms with Gasteiger partial charge in [-0.25, -0.2) is 0 Å². The van der Waals surface area contributed by atoms with Crippen molar-refractivity contribution in [3.05, 3.63) is 35.9 Å². The lowest BCUT2D eigenvalue weighted by Gasteiger charge is -2.37. The van der Waals surface area contributed by atoms with E-state index in [2.05, 4.69) is 27.7 Å². The van der Waals surface area contributed by atoms with E-state index in [9.17, 15) is 5.11 Å². The van der Waals surface area contributed by atoms with Gasteiger partial charge in [-0.2, -0.15) is 0 Å². The Morgan fingerprint density at radius 2 is 1.73 bits per heavy atom. The molecule has 0 saturated carbocycles. The highest BCUT2D eigenvalue weighted by molar-refractivity contribution is 5.19. The first kappa shape index (κ1) is 12.3. The van der Waals surface area contributed by atoms with Crippen molar-refractivity contribution in [2.24, 2.45) is 11.3 Å². The molecule has 0 aliphatic heterocycles. The summed E-state index contributed by atoms with van der Waals surface area (Å²) in [6.45, 7) is 8.66. The third-order valence-corrected chi connectivity index (χ3v) is 3.82. The predicted molar refractivity (Wildman–Crippen MR) is 64.6 cm³/mol. The maximum atomic E-state index is 10.4. The van der Waals surface area contributed by atoms with Crippen molar-refractivity contribution >= 4 is 0 Å². The van der Waals surface area contributed by atoms with Crippen molar-refractivity contribution in [3.8, 4) is 0 Å². The second-order valence-corrected chi connectivity index (χ2v) is 4.83. The number of aliphatic hydroxyl groups excluding tert-OH is 1. The van der Waals surface area contributed by atoms with Crippen molar-refractivity contribution in [1.29, 1.82) is 0 Å². The predicted octanol–water partition coefficient (Wildman–Crippen LogP) is 3.79. The third-order valence-electron chi connectivity index (χ3n) is 3.82. The van der Waals surface area contributed by atoms with Gasteiger partial charge in [-0.15, -0.1) is 0 Å². The molecule has 0 radical (unpaired) electrons. The van der Waals surface area contributed by atoms with E-state index in [-0.39, 0.29) is 11.5 Å². The fraction of sp³-hybridized carbons (Fsp3) is 0.571. The summed E-state index contributed by atoms with van der Waals surface area (Å²) in [5, 5.41) is 10.4. The van der Waals surface area contributed by atoms with Crippen LogP contribution in [0.15, 0.2) is 30.3 Å². The quantitative estimate of drug-likeness (QED) is 0.794. The largest absolute Gasteiger partial charge is 0.388 e. The van der Waals surface area contributed by atoms with Crippen LogP contribution < -0.4 is 0 Å². The van der Waals surface area contributed by atoms with Gasteiger partial charge in [0.2, 0.25) is 0 Å². The molecule has 0 aromatic heterocycles. The molecule has 0 spiro atoms. The Kier molecular flexibility index (Phi) is 3.92. The average Bonchev–Trinajstić information content (AvgIpc) is 2.28. The molecule has 0 aliphatic carbocycles. The van der Waals surface area contributed by atoms with Crippen LogP contribution in [0.5, 0.6) is 0 Å². The fourth-order valence-electron chi connectivity index (χ4n) is 1.93. The Labute approximate surface area is 93.1 Å². The minimum atomic E-state index is -0.372. The molecule has 0 saturated heterocycles. The molecule has 2 atom stereocenters. The number of benzene rings is 1. The Balaban J connectivity index is 2.97. The molecule has 1 heteroatoms. The molecule has 0 fully saturated rings. The summed E-state index contributed by atoms with van der Waals surface area (Å²) in [7, 11) is 0. The van der Waals surface area contributed by atoms with Crippen molar-refractivity contribution in [1.82, 2.24) is 0 Å². The zero-order valence-corrected chi connectivity index (χ0v) is 10.2. The lowest BCUT2D eigenvalue weighted by molar-refractivity contribution is -0.00175. The van der Waals surface area contributed by atoms with Crippen LogP contribution in [-0.4, -0.2) is 5.11 Å². The van der Waals surface area contributed by atoms with Crippen molar-refractivity contribution < 1.29 is 5.11 Å². The van der Waals surface area contributed by atoms with Crippen LogP contribution in [0.3, 0.4) is 0 Å². The summed E-state index contributed by atoms with van der Waals surface area (Å²) in [4.78, 5) is 0. The van der Waals surface area contributed by atoms with Crippen molar-refractivity contribution in [2.75, 3.05) is 0 Å². The molecule has 1 aromatic rings. The smallest absolute Gasteiger partial charge is 0.0845 e. The molecule has 0 bridgehead atoms. The van der Waals surface area contributed by atoms with Crippen LogP contribution >= 0.6 is 0 Å². The molecule has 1 nitrogen and oxygen atoms in total. The molecule has 2 unspecified atom stereocenters. The van der Waals surface area contributed by atoms with Gasteiger partial charge in [-0.05, 0) is 23.3 Å². The minimum absolute atomic E-state index is 0.0403. The van der Waals surface area contributed by atoms with Gasteiger partial charge in [0.1, 0.15) is 0 Å². The van der Waals surface area contributed by atoms with Gasteiger partial charge in [-0.3, -0.25) is 0 Å². The van der Waals surface area contributed by atoms with Crippen LogP contribution in [0.1, 0.15) is 45.8 Å². The average molecular weight is 206 g/mol. The lowest BCUT2D eigenvalue weighted by Crippen LogP contribution is -2.30. The number of aliphatic hydroxyl groups is 1. The SMILES string of the molecule is CCC(C)(C(C)C)C(O)c1ccccc1. The summed E-state index contributed by atoms with van der Waals surface area (Å²) >= 11 is 0. The van der Waals surface area contributed by atoms with E-state index in [0.29, 0.717) is 5.92 Å². The summed E-state index contributed by atoms with van der Waals surface area (Å²) in [5.74, 6) is 0.470. The van der Waals surface area contributed by atoms with Gasteiger partial charge in [0.05, 0.1) is 6.10 Å². The molecule has 1 N–H and O–H groups in total. The van der Waals surface area contributed by atoms with Crippen LogP contribution in [0.2, 0.25) is 0 Å². The van der Waals surface area contributed by atoms with Crippen LogP contribution in [0, 0.1) is 11.3 Å². The standard InChI is InChI=1S/C14H22O/c1-5-14(4,11(2)3)13(15)12-9-7-6-8-10-12/h6-11,13,15H,5H2,1-4H3. The summed E-state index contributed by atoms with van der Waals surface area (Å²) in [6, 6.07) is 9.95. The molecular formula is C14H22O. The Hall–Kier alpha value is -0.820. The molecular weight excluding hydrogens is 184 g/mol. The second kappa shape index (κ2) is 4.80. The maximum Gasteiger partial charge on any atom is 0.0845 e. The van der Waals surface area contributed by atoms with Gasteiger partial charge in [0.15, 0.2) is 0 Å². The summed E-state index contributed by atoms with van der Waals surface area (Å²) < 4.78 is 0. The first-order valence-corrected chi connectivity index (χ1v) is 5.75. The molecule has 1 rings (SSSR count). The first-order valence-electron chi connectivity index (χ1n) is 5.75. The summed E-state index contributed by atoms with van der Waals surface area (Å²) in [5.41, 5.74) is 0.983. The van der Waals surface area contributed by atoms with Gasteiger partial charge >= 0.3 is 0 Å². The number of rotatable bonds is 4. The van der Waals surface area contributed by atoms with Crippen LogP contribution in [-0.2, 0) is 0 Å². The van der Waals surface area contributed by atoms with Gasteiger partial charge in [0.25, 0.3) is 0 Å². The van der Waals surface area contributed by atoms with E-state index in [1.165, 1.54) is 0 Å². The number of hydrogen-bond acceptors (Lipinski definition) is 1. The van der Waals surface area contributed by atoms with Gasteiger partial charge < -0.3 is 5.11 Å². The molecule has 15 heavy (non-hydrogen) atoms. The van der Waals surface area contributed by atoms with Crippen LogP contribution in [0.25, 0.3) is 0 Å². The molecule has 0 amide bonds. The van der Waals surface area contributed by atoms with E-state index >= 15 is 0 Å². The third kappa shape index (κ3) is 2.40. The Morgan fingerprint density at radius 1 is 1.20 bits per heavy atom. The lowest BCUT2D eigenvalue weighted by atomic mass is 9.70. The Morgan fingerprint density at radius 3 is 2.13 bits per heavy atom. The van der Waals surface area contributed by atoms with E-state index < -0.39 is 0 Å².